The quantitative estimate of drug-likeness (QED) is 0.889. The van der Waals surface area contributed by atoms with Gasteiger partial charge in [0.15, 0.2) is 0 Å². The molecule has 0 aromatic heterocycles. The lowest BCUT2D eigenvalue weighted by Crippen LogP contribution is -2.17. The van der Waals surface area contributed by atoms with Crippen LogP contribution in [-0.4, -0.2) is 7.11 Å². The molecule has 0 aliphatic rings. The molecule has 0 saturated carbocycles. The normalized spacial score (nSPS) is 13.9. The zero-order valence-electron chi connectivity index (χ0n) is 10.8. The third-order valence-corrected chi connectivity index (χ3v) is 3.34. The molecule has 0 heterocycles. The molecule has 2 aromatic rings. The first-order chi connectivity index (χ1) is 8.72. The highest BCUT2D eigenvalue weighted by molar-refractivity contribution is 5.33. The Balaban J connectivity index is 2.22. The molecule has 2 N–H and O–H groups in total. The van der Waals surface area contributed by atoms with Crippen molar-refractivity contribution in [3.05, 3.63) is 65.7 Å². The summed E-state index contributed by atoms with van der Waals surface area (Å²) in [6.07, 6.45) is 0. The predicted molar refractivity (Wildman–Crippen MR) is 74.8 cm³/mol. The summed E-state index contributed by atoms with van der Waals surface area (Å²) in [5, 5.41) is 0. The summed E-state index contributed by atoms with van der Waals surface area (Å²) in [7, 11) is 1.67. The van der Waals surface area contributed by atoms with Crippen molar-refractivity contribution in [3.8, 4) is 5.75 Å². The van der Waals surface area contributed by atoms with Crippen molar-refractivity contribution in [2.45, 2.75) is 18.9 Å². The number of ether oxygens (including phenoxy) is 1. The van der Waals surface area contributed by atoms with Gasteiger partial charge in [-0.1, -0.05) is 49.4 Å². The van der Waals surface area contributed by atoms with Gasteiger partial charge >= 0.3 is 0 Å². The molecule has 94 valence electrons. The van der Waals surface area contributed by atoms with Gasteiger partial charge in [-0.15, -0.1) is 0 Å². The minimum Gasteiger partial charge on any atom is -0.497 e. The highest BCUT2D eigenvalue weighted by atomic mass is 16.5. The first-order valence-electron chi connectivity index (χ1n) is 6.17. The van der Waals surface area contributed by atoms with Gasteiger partial charge in [-0.3, -0.25) is 0 Å². The Morgan fingerprint density at radius 2 is 1.61 bits per heavy atom. The third-order valence-electron chi connectivity index (χ3n) is 3.34. The average molecular weight is 241 g/mol. The monoisotopic (exact) mass is 241 g/mol. The summed E-state index contributed by atoms with van der Waals surface area (Å²) >= 11 is 0. The van der Waals surface area contributed by atoms with Gasteiger partial charge in [-0.05, 0) is 23.3 Å². The molecule has 0 spiro atoms. The van der Waals surface area contributed by atoms with Gasteiger partial charge in [-0.25, -0.2) is 0 Å². The Hall–Kier alpha value is -1.80. The fourth-order valence-electron chi connectivity index (χ4n) is 2.10. The summed E-state index contributed by atoms with van der Waals surface area (Å²) in [5.74, 6) is 1.13. The predicted octanol–water partition coefficient (Wildman–Crippen LogP) is 3.50. The molecule has 2 nitrogen and oxygen atoms in total. The maximum Gasteiger partial charge on any atom is 0.119 e. The molecule has 0 aliphatic carbocycles. The number of nitrogens with two attached hydrogens (primary N) is 1. The van der Waals surface area contributed by atoms with Crippen molar-refractivity contribution in [1.29, 1.82) is 0 Å². The lowest BCUT2D eigenvalue weighted by Gasteiger charge is -2.21. The van der Waals surface area contributed by atoms with Crippen LogP contribution in [0.2, 0.25) is 0 Å². The van der Waals surface area contributed by atoms with Crippen molar-refractivity contribution < 1.29 is 4.74 Å². The number of rotatable bonds is 4. The summed E-state index contributed by atoms with van der Waals surface area (Å²) < 4.78 is 5.23. The van der Waals surface area contributed by atoms with E-state index >= 15 is 0 Å². The van der Waals surface area contributed by atoms with Crippen LogP contribution in [0.3, 0.4) is 0 Å². The Kier molecular flexibility index (Phi) is 4.00. The molecule has 0 saturated heterocycles. The second-order valence-electron chi connectivity index (χ2n) is 4.50. The van der Waals surface area contributed by atoms with Gasteiger partial charge in [0.25, 0.3) is 0 Å². The molecular formula is C16H19NO. The molecule has 0 aliphatic heterocycles. The number of benzene rings is 2. The van der Waals surface area contributed by atoms with E-state index in [4.69, 9.17) is 10.5 Å². The first-order valence-corrected chi connectivity index (χ1v) is 6.17. The van der Waals surface area contributed by atoms with Crippen LogP contribution in [0.4, 0.5) is 0 Å². The van der Waals surface area contributed by atoms with Crippen LogP contribution in [0, 0.1) is 0 Å². The number of hydrogen-bond acceptors (Lipinski definition) is 2. The van der Waals surface area contributed by atoms with Crippen LogP contribution in [0.25, 0.3) is 0 Å². The van der Waals surface area contributed by atoms with Gasteiger partial charge in [0.05, 0.1) is 7.11 Å². The Labute approximate surface area is 108 Å². The molecule has 0 bridgehead atoms. The molecule has 0 radical (unpaired) electrons. The molecular weight excluding hydrogens is 222 g/mol. The van der Waals surface area contributed by atoms with Gasteiger partial charge in [-0.2, -0.15) is 0 Å². The van der Waals surface area contributed by atoms with E-state index in [1.54, 1.807) is 7.11 Å². The highest BCUT2D eigenvalue weighted by Gasteiger charge is 2.16. The molecule has 2 aromatic carbocycles. The van der Waals surface area contributed by atoms with Crippen molar-refractivity contribution >= 4 is 0 Å². The van der Waals surface area contributed by atoms with Crippen LogP contribution >= 0.6 is 0 Å². The van der Waals surface area contributed by atoms with Crippen LogP contribution in [0.1, 0.15) is 30.0 Å². The van der Waals surface area contributed by atoms with E-state index in [0.29, 0.717) is 0 Å². The molecule has 2 rings (SSSR count). The van der Waals surface area contributed by atoms with Gasteiger partial charge in [0.2, 0.25) is 0 Å². The fourth-order valence-corrected chi connectivity index (χ4v) is 2.10. The molecule has 2 heteroatoms. The van der Waals surface area contributed by atoms with E-state index in [9.17, 15) is 0 Å². The second kappa shape index (κ2) is 5.69. The third kappa shape index (κ3) is 2.71. The van der Waals surface area contributed by atoms with E-state index in [1.165, 1.54) is 5.56 Å². The number of hydrogen-bond donors (Lipinski definition) is 1. The van der Waals surface area contributed by atoms with Gasteiger partial charge in [0.1, 0.15) is 5.75 Å². The van der Waals surface area contributed by atoms with Crippen molar-refractivity contribution in [2.24, 2.45) is 5.73 Å². The lowest BCUT2D eigenvalue weighted by molar-refractivity contribution is 0.413. The highest BCUT2D eigenvalue weighted by Crippen LogP contribution is 2.29. The van der Waals surface area contributed by atoms with E-state index in [1.807, 2.05) is 42.5 Å². The van der Waals surface area contributed by atoms with E-state index in [0.717, 1.165) is 11.3 Å². The molecule has 0 fully saturated rings. The van der Waals surface area contributed by atoms with Gasteiger partial charge in [0, 0.05) is 12.0 Å². The Morgan fingerprint density at radius 3 is 2.28 bits per heavy atom. The molecule has 18 heavy (non-hydrogen) atoms. The van der Waals surface area contributed by atoms with Crippen molar-refractivity contribution in [3.63, 3.8) is 0 Å². The smallest absolute Gasteiger partial charge is 0.119 e. The van der Waals surface area contributed by atoms with Crippen LogP contribution in [-0.2, 0) is 0 Å². The molecule has 0 amide bonds. The minimum absolute atomic E-state index is 0.0255. The van der Waals surface area contributed by atoms with Crippen LogP contribution < -0.4 is 10.5 Å². The maximum absolute atomic E-state index is 6.34. The number of methoxy groups -OCH3 is 1. The summed E-state index contributed by atoms with van der Waals surface area (Å²) in [4.78, 5) is 0. The lowest BCUT2D eigenvalue weighted by atomic mass is 9.89. The minimum atomic E-state index is -0.0255. The SMILES string of the molecule is COc1cccc(C(N)C(C)c2ccccc2)c1. The standard InChI is InChI=1S/C16H19NO/c1-12(13-7-4-3-5-8-13)16(17)14-9-6-10-15(11-14)18-2/h3-12,16H,17H2,1-2H3. The molecule has 2 unspecified atom stereocenters. The van der Waals surface area contributed by atoms with Crippen molar-refractivity contribution in [2.75, 3.05) is 7.11 Å². The largest absolute Gasteiger partial charge is 0.497 e. The fraction of sp³-hybridized carbons (Fsp3) is 0.250. The Bertz CT molecular complexity index is 495. The maximum atomic E-state index is 6.34. The molecule has 2 atom stereocenters. The van der Waals surface area contributed by atoms with Gasteiger partial charge < -0.3 is 10.5 Å². The zero-order valence-corrected chi connectivity index (χ0v) is 10.8. The topological polar surface area (TPSA) is 35.2 Å². The van der Waals surface area contributed by atoms with Crippen molar-refractivity contribution in [1.82, 2.24) is 0 Å². The van der Waals surface area contributed by atoms with Crippen LogP contribution in [0.15, 0.2) is 54.6 Å². The van der Waals surface area contributed by atoms with E-state index in [2.05, 4.69) is 19.1 Å². The summed E-state index contributed by atoms with van der Waals surface area (Å²) in [6.45, 7) is 2.15. The second-order valence-corrected chi connectivity index (χ2v) is 4.50. The van der Waals surface area contributed by atoms with E-state index in [-0.39, 0.29) is 12.0 Å². The summed E-state index contributed by atoms with van der Waals surface area (Å²) in [6, 6.07) is 18.3. The summed E-state index contributed by atoms with van der Waals surface area (Å²) in [5.41, 5.74) is 8.70. The first kappa shape index (κ1) is 12.7. The van der Waals surface area contributed by atoms with E-state index < -0.39 is 0 Å². The zero-order chi connectivity index (χ0) is 13.0. The van der Waals surface area contributed by atoms with Crippen LogP contribution in [0.5, 0.6) is 5.75 Å². The Morgan fingerprint density at radius 1 is 0.944 bits per heavy atom. The average Bonchev–Trinajstić information content (AvgIpc) is 2.46.